The molecule has 1 aliphatic heterocycles. The number of benzene rings is 2. The molecule has 6 rings (SSSR count). The monoisotopic (exact) mass is 661 g/mol. The average molecular weight is 662 g/mol. The van der Waals surface area contributed by atoms with Crippen LogP contribution in [0.1, 0.15) is 42.9 Å². The molecule has 10 nitrogen and oxygen atoms in total. The fourth-order valence-corrected chi connectivity index (χ4v) is 6.08. The maximum absolute atomic E-state index is 15.9. The van der Waals surface area contributed by atoms with Crippen molar-refractivity contribution in [3.05, 3.63) is 107 Å². The Hall–Kier alpha value is -5.03. The van der Waals surface area contributed by atoms with E-state index in [-0.39, 0.29) is 46.1 Å². The third kappa shape index (κ3) is 6.48. The Morgan fingerprint density at radius 2 is 1.91 bits per heavy atom. The molecule has 2 N–H and O–H groups in total. The largest absolute Gasteiger partial charge is 0.351 e. The number of hydrogen-bond acceptors (Lipinski definition) is 8. The number of pyridine rings is 2. The van der Waals surface area contributed by atoms with E-state index < -0.39 is 54.6 Å². The van der Waals surface area contributed by atoms with Gasteiger partial charge >= 0.3 is 0 Å². The third-order valence-electron chi connectivity index (χ3n) is 8.11. The lowest BCUT2D eigenvalue weighted by Gasteiger charge is -2.43. The van der Waals surface area contributed by atoms with Crippen LogP contribution < -0.4 is 15.2 Å². The normalized spacial score (nSPS) is 18.0. The molecule has 1 saturated carbocycles. The van der Waals surface area contributed by atoms with Crippen LogP contribution in [0.25, 0.3) is 11.1 Å². The number of rotatable bonds is 9. The van der Waals surface area contributed by atoms with Gasteiger partial charge in [0.25, 0.3) is 5.92 Å². The van der Waals surface area contributed by atoms with Crippen LogP contribution in [0.3, 0.4) is 0 Å². The van der Waals surface area contributed by atoms with Crippen LogP contribution in [0.4, 0.5) is 24.7 Å². The van der Waals surface area contributed by atoms with Crippen molar-refractivity contribution in [3.8, 4) is 17.2 Å². The molecule has 2 aromatic heterocycles. The second-order valence-electron chi connectivity index (χ2n) is 11.3. The number of carbonyl (C=O) groups is 2. The summed E-state index contributed by atoms with van der Waals surface area (Å²) in [6, 6.07) is 16.1. The van der Waals surface area contributed by atoms with Crippen molar-refractivity contribution in [2.45, 2.75) is 49.9 Å². The summed E-state index contributed by atoms with van der Waals surface area (Å²) in [4.78, 5) is 36.7. The minimum Gasteiger partial charge on any atom is -0.351 e. The zero-order valence-corrected chi connectivity index (χ0v) is 25.4. The molecule has 0 unspecified atom stereocenters. The topological polar surface area (TPSA) is 126 Å². The van der Waals surface area contributed by atoms with Gasteiger partial charge in [-0.1, -0.05) is 41.0 Å². The smallest absolute Gasteiger partial charge is 0.252 e. The Labute approximate surface area is 272 Å². The molecule has 2 aliphatic rings. The summed E-state index contributed by atoms with van der Waals surface area (Å²) in [6.45, 7) is 0. The first-order chi connectivity index (χ1) is 22.6. The van der Waals surface area contributed by atoms with E-state index in [4.69, 9.17) is 11.6 Å². The van der Waals surface area contributed by atoms with Gasteiger partial charge in [-0.2, -0.15) is 5.26 Å². The highest BCUT2D eigenvalue weighted by Gasteiger charge is 2.48. The molecule has 0 spiro atoms. The fraction of sp³-hybridized carbons (Fsp3) is 0.242. The number of alkyl halides is 2. The Balaban J connectivity index is 1.48. The van der Waals surface area contributed by atoms with E-state index in [1.54, 1.807) is 30.5 Å². The number of amides is 2. The van der Waals surface area contributed by atoms with E-state index in [2.05, 4.69) is 15.3 Å². The SMILES string of the molecule is N#Cc1ccnc(N2C(=O)CC[C@H]2N(O)N(c2ccc(-c3cccnc3)c(F)c2)[C@@H](C(=O)NC2CC(F)(F)C2)c2ccccc2Cl)c1. The molecule has 2 aromatic carbocycles. The maximum atomic E-state index is 15.9. The van der Waals surface area contributed by atoms with Crippen molar-refractivity contribution in [2.75, 3.05) is 9.91 Å². The molecule has 2 fully saturated rings. The van der Waals surface area contributed by atoms with Gasteiger partial charge in [0.2, 0.25) is 11.8 Å². The Morgan fingerprint density at radius 1 is 1.13 bits per heavy atom. The summed E-state index contributed by atoms with van der Waals surface area (Å²) >= 11 is 6.59. The molecule has 240 valence electrons. The van der Waals surface area contributed by atoms with Crippen molar-refractivity contribution in [2.24, 2.45) is 0 Å². The predicted molar refractivity (Wildman–Crippen MR) is 166 cm³/mol. The molecule has 3 heterocycles. The first-order valence-corrected chi connectivity index (χ1v) is 15.0. The van der Waals surface area contributed by atoms with E-state index in [0.29, 0.717) is 10.7 Å². The lowest BCUT2D eigenvalue weighted by Crippen LogP contribution is -2.59. The minimum absolute atomic E-state index is 0.0188. The second-order valence-corrected chi connectivity index (χ2v) is 11.7. The fourth-order valence-electron chi connectivity index (χ4n) is 5.84. The predicted octanol–water partition coefficient (Wildman–Crippen LogP) is 6.03. The number of hydroxylamine groups is 1. The lowest BCUT2D eigenvalue weighted by molar-refractivity contribution is -0.153. The van der Waals surface area contributed by atoms with Crippen LogP contribution in [0.2, 0.25) is 5.02 Å². The molecule has 0 bridgehead atoms. The molecule has 1 saturated heterocycles. The van der Waals surface area contributed by atoms with E-state index in [1.807, 2.05) is 6.07 Å². The van der Waals surface area contributed by atoms with Gasteiger partial charge in [-0.3, -0.25) is 29.7 Å². The van der Waals surface area contributed by atoms with Crippen LogP contribution in [0.15, 0.2) is 85.3 Å². The molecule has 2 atom stereocenters. The highest BCUT2D eigenvalue weighted by atomic mass is 35.5. The van der Waals surface area contributed by atoms with Gasteiger partial charge in [-0.25, -0.2) is 18.2 Å². The van der Waals surface area contributed by atoms with Gasteiger partial charge in [0.1, 0.15) is 17.8 Å². The van der Waals surface area contributed by atoms with Crippen LogP contribution in [-0.4, -0.2) is 50.3 Å². The number of carbonyl (C=O) groups excluding carboxylic acids is 2. The van der Waals surface area contributed by atoms with Crippen LogP contribution >= 0.6 is 11.6 Å². The molecule has 47 heavy (non-hydrogen) atoms. The van der Waals surface area contributed by atoms with E-state index in [0.717, 1.165) is 11.1 Å². The molecule has 1 aliphatic carbocycles. The van der Waals surface area contributed by atoms with Crippen molar-refractivity contribution in [1.29, 1.82) is 5.26 Å². The van der Waals surface area contributed by atoms with E-state index in [9.17, 15) is 28.8 Å². The standard InChI is InChI=1S/C33H27ClF3N7O3/c34-26-6-2-1-5-25(26)31(32(46)41-22-16-33(36,37)17-22)43(23-7-8-24(27(35)15-23)21-4-3-12-39-19-21)44(47)29-9-10-30(45)42(29)28-14-20(18-38)11-13-40-28/h1-8,11-15,19,22,29,31,47H,9-10,16-17H2,(H,41,46)/t29-,31-/m1/s1. The second kappa shape index (κ2) is 13.0. The zero-order valence-electron chi connectivity index (χ0n) is 24.6. The first kappa shape index (κ1) is 31.9. The number of anilines is 2. The summed E-state index contributed by atoms with van der Waals surface area (Å²) < 4.78 is 43.4. The Bertz CT molecular complexity index is 1850. The van der Waals surface area contributed by atoms with Crippen molar-refractivity contribution in [3.63, 3.8) is 0 Å². The van der Waals surface area contributed by atoms with Gasteiger partial charge in [0.05, 0.1) is 17.3 Å². The molecular formula is C33H27ClF3N7O3. The maximum Gasteiger partial charge on any atom is 0.252 e. The number of nitriles is 1. The zero-order chi connectivity index (χ0) is 33.3. The van der Waals surface area contributed by atoms with Crippen molar-refractivity contribution in [1.82, 2.24) is 20.5 Å². The van der Waals surface area contributed by atoms with Gasteiger partial charge in [-0.15, -0.1) is 0 Å². The van der Waals surface area contributed by atoms with Gasteiger partial charge < -0.3 is 5.32 Å². The summed E-state index contributed by atoms with van der Waals surface area (Å²) in [5, 5.41) is 26.0. The van der Waals surface area contributed by atoms with Crippen molar-refractivity contribution >= 4 is 34.9 Å². The number of aromatic nitrogens is 2. The van der Waals surface area contributed by atoms with Crippen LogP contribution in [0.5, 0.6) is 0 Å². The number of nitrogens with one attached hydrogen (secondary N) is 1. The lowest BCUT2D eigenvalue weighted by atomic mass is 9.88. The number of nitrogens with zero attached hydrogens (tertiary/aromatic N) is 6. The average Bonchev–Trinajstić information content (AvgIpc) is 3.44. The highest BCUT2D eigenvalue weighted by molar-refractivity contribution is 6.31. The number of hydrogen-bond donors (Lipinski definition) is 2. The van der Waals surface area contributed by atoms with Crippen LogP contribution in [0, 0.1) is 17.1 Å². The first-order valence-electron chi connectivity index (χ1n) is 14.6. The summed E-state index contributed by atoms with van der Waals surface area (Å²) in [7, 11) is 0. The van der Waals surface area contributed by atoms with Crippen LogP contribution in [-0.2, 0) is 9.59 Å². The third-order valence-corrected chi connectivity index (χ3v) is 8.46. The number of halogens is 4. The summed E-state index contributed by atoms with van der Waals surface area (Å²) in [6.07, 6.45) is 2.06. The molecule has 0 radical (unpaired) electrons. The Morgan fingerprint density at radius 3 is 2.60 bits per heavy atom. The molecule has 2 amide bonds. The van der Waals surface area contributed by atoms with Gasteiger partial charge in [0, 0.05) is 65.6 Å². The molecular weight excluding hydrogens is 635 g/mol. The van der Waals surface area contributed by atoms with Gasteiger partial charge in [-0.05, 0) is 48.9 Å². The minimum atomic E-state index is -2.93. The quantitative estimate of drug-likeness (QED) is 0.208. The summed E-state index contributed by atoms with van der Waals surface area (Å²) in [5.41, 5.74) is 1.04. The molecule has 14 heteroatoms. The Kier molecular flexibility index (Phi) is 8.83. The number of hydrazine groups is 1. The highest BCUT2D eigenvalue weighted by Crippen LogP contribution is 2.41. The van der Waals surface area contributed by atoms with E-state index >= 15 is 4.39 Å². The molecule has 4 aromatic rings. The summed E-state index contributed by atoms with van der Waals surface area (Å²) in [5.74, 6) is -4.79. The van der Waals surface area contributed by atoms with E-state index in [1.165, 1.54) is 53.7 Å². The van der Waals surface area contributed by atoms with Gasteiger partial charge in [0.15, 0.2) is 6.04 Å². The van der Waals surface area contributed by atoms with Crippen molar-refractivity contribution < 1.29 is 28.0 Å².